The third kappa shape index (κ3) is 6.73. The minimum absolute atomic E-state index is 0.219. The number of rotatable bonds is 8. The zero-order chi connectivity index (χ0) is 24.8. The Morgan fingerprint density at radius 3 is 2.66 bits per heavy atom. The summed E-state index contributed by atoms with van der Waals surface area (Å²) in [5.74, 6) is 3.87. The van der Waals surface area contributed by atoms with Crippen LogP contribution in [0.25, 0.3) is 5.69 Å². The molecule has 10 nitrogen and oxygen atoms in total. The molecule has 0 radical (unpaired) electrons. The van der Waals surface area contributed by atoms with Gasteiger partial charge in [-0.3, -0.25) is 4.90 Å². The minimum atomic E-state index is -0.447. The molecule has 186 valence electrons. The highest BCUT2D eigenvalue weighted by Crippen LogP contribution is 2.23. The van der Waals surface area contributed by atoms with Crippen LogP contribution in [-0.2, 0) is 14.3 Å². The molecule has 35 heavy (non-hydrogen) atoms. The average molecular weight is 481 g/mol. The lowest BCUT2D eigenvalue weighted by atomic mass is 10.0. The lowest BCUT2D eigenvalue weighted by Gasteiger charge is -2.26. The fourth-order valence-corrected chi connectivity index (χ4v) is 3.74. The summed E-state index contributed by atoms with van der Waals surface area (Å²) < 4.78 is 18.6. The summed E-state index contributed by atoms with van der Waals surface area (Å²) in [6, 6.07) is 6.98. The Morgan fingerprint density at radius 1 is 1.23 bits per heavy atom. The summed E-state index contributed by atoms with van der Waals surface area (Å²) in [4.78, 5) is 18.2. The van der Waals surface area contributed by atoms with E-state index in [0.29, 0.717) is 23.9 Å². The fraction of sp³-hybridized carbons (Fsp3) is 0.440. The molecule has 1 atom stereocenters. The van der Waals surface area contributed by atoms with E-state index in [-0.39, 0.29) is 11.5 Å². The number of allylic oxidation sites excluding steroid dienone is 1. The molecule has 2 heterocycles. The molecule has 1 aliphatic heterocycles. The largest absolute Gasteiger partial charge is 0.492 e. The first-order valence-electron chi connectivity index (χ1n) is 11.7. The van der Waals surface area contributed by atoms with E-state index in [2.05, 4.69) is 20.3 Å². The molecule has 10 heteroatoms. The number of nitrogen functional groups attached to an aromatic ring is 1. The number of benzene rings is 1. The van der Waals surface area contributed by atoms with Crippen LogP contribution in [-0.4, -0.2) is 76.7 Å². The number of nitrogens with one attached hydrogen (secondary N) is 1. The molecule has 1 saturated heterocycles. The molecule has 1 fully saturated rings. The van der Waals surface area contributed by atoms with E-state index in [1.54, 1.807) is 6.08 Å². The summed E-state index contributed by atoms with van der Waals surface area (Å²) >= 11 is 0. The highest BCUT2D eigenvalue weighted by atomic mass is 16.5. The quantitative estimate of drug-likeness (QED) is 0.549. The van der Waals surface area contributed by atoms with E-state index in [0.717, 1.165) is 44.3 Å². The Balaban J connectivity index is 1.36. The lowest BCUT2D eigenvalue weighted by molar-refractivity contribution is 0.0281. The van der Waals surface area contributed by atoms with Gasteiger partial charge in [0, 0.05) is 19.6 Å². The number of nitrogens with two attached hydrogens (primary N) is 1. The van der Waals surface area contributed by atoms with Crippen molar-refractivity contribution in [3.8, 4) is 11.4 Å². The van der Waals surface area contributed by atoms with Gasteiger partial charge < -0.3 is 25.3 Å². The number of aromatic nitrogens is 3. The predicted octanol–water partition coefficient (Wildman–Crippen LogP) is 2.37. The first kappa shape index (κ1) is 24.5. The van der Waals surface area contributed by atoms with Crippen molar-refractivity contribution in [1.29, 1.82) is 0 Å². The van der Waals surface area contributed by atoms with E-state index >= 15 is 0 Å². The molecule has 2 aliphatic rings. The van der Waals surface area contributed by atoms with Gasteiger partial charge in [0.2, 0.25) is 11.9 Å². The second kappa shape index (κ2) is 10.8. The first-order valence-corrected chi connectivity index (χ1v) is 11.7. The number of carbonyl (C=O) groups excluding carboxylic acids is 1. The van der Waals surface area contributed by atoms with Gasteiger partial charge in [-0.05, 0) is 57.2 Å². The Bertz CT molecular complexity index is 1120. The van der Waals surface area contributed by atoms with Crippen molar-refractivity contribution < 1.29 is 19.0 Å². The molecule has 1 aromatic carbocycles. The van der Waals surface area contributed by atoms with Gasteiger partial charge in [-0.25, -0.2) is 4.79 Å². The van der Waals surface area contributed by atoms with Gasteiger partial charge >= 0.3 is 0 Å². The molecule has 1 aliphatic carbocycles. The molecule has 0 bridgehead atoms. The maximum atomic E-state index is 11.6. The van der Waals surface area contributed by atoms with Crippen LogP contribution in [0.1, 0.15) is 20.8 Å². The number of morpholine rings is 1. The van der Waals surface area contributed by atoms with Gasteiger partial charge in [-0.1, -0.05) is 6.08 Å². The number of anilines is 2. The molecule has 4 rings (SSSR count). The SMILES string of the molecule is CC(C)(C)Oc1ccc(-n2nc(NC3C=CC(OCCN4CCOCC4)=CC3=C=O)nc2N)cc1. The normalized spacial score (nSPS) is 18.7. The average Bonchev–Trinajstić information content (AvgIpc) is 3.20. The van der Waals surface area contributed by atoms with Crippen LogP contribution in [0.5, 0.6) is 5.75 Å². The van der Waals surface area contributed by atoms with Crippen LogP contribution in [0.4, 0.5) is 11.9 Å². The maximum absolute atomic E-state index is 11.6. The summed E-state index contributed by atoms with van der Waals surface area (Å²) in [6.45, 7) is 10.6. The van der Waals surface area contributed by atoms with Crippen molar-refractivity contribution in [3.05, 3.63) is 53.8 Å². The van der Waals surface area contributed by atoms with Crippen LogP contribution < -0.4 is 15.8 Å². The summed E-state index contributed by atoms with van der Waals surface area (Å²) in [5, 5.41) is 7.58. The second-order valence-corrected chi connectivity index (χ2v) is 9.30. The first-order chi connectivity index (χ1) is 16.8. The molecule has 0 spiro atoms. The Hall–Kier alpha value is -3.59. The van der Waals surface area contributed by atoms with Crippen molar-refractivity contribution in [1.82, 2.24) is 19.7 Å². The number of hydrogen-bond donors (Lipinski definition) is 2. The molecule has 0 amide bonds. The van der Waals surface area contributed by atoms with Crippen LogP contribution in [0.3, 0.4) is 0 Å². The van der Waals surface area contributed by atoms with Crippen molar-refractivity contribution in [2.24, 2.45) is 0 Å². The maximum Gasteiger partial charge on any atom is 0.245 e. The van der Waals surface area contributed by atoms with E-state index < -0.39 is 6.04 Å². The molecular weight excluding hydrogens is 448 g/mol. The fourth-order valence-electron chi connectivity index (χ4n) is 3.74. The molecule has 2 aromatic rings. The van der Waals surface area contributed by atoms with Gasteiger partial charge in [-0.2, -0.15) is 9.67 Å². The van der Waals surface area contributed by atoms with Crippen LogP contribution in [0.2, 0.25) is 0 Å². The van der Waals surface area contributed by atoms with Gasteiger partial charge in [0.15, 0.2) is 0 Å². The molecule has 1 aromatic heterocycles. The molecule has 3 N–H and O–H groups in total. The highest BCUT2D eigenvalue weighted by molar-refractivity contribution is 5.65. The Morgan fingerprint density at radius 2 is 1.97 bits per heavy atom. The van der Waals surface area contributed by atoms with Crippen LogP contribution >= 0.6 is 0 Å². The summed E-state index contributed by atoms with van der Waals surface area (Å²) in [5.41, 5.74) is 6.95. The van der Waals surface area contributed by atoms with Crippen LogP contribution in [0.15, 0.2) is 53.8 Å². The minimum Gasteiger partial charge on any atom is -0.492 e. The molecule has 0 saturated carbocycles. The van der Waals surface area contributed by atoms with E-state index in [9.17, 15) is 4.79 Å². The Labute approximate surface area is 205 Å². The topological polar surface area (TPSA) is 117 Å². The zero-order valence-corrected chi connectivity index (χ0v) is 20.4. The van der Waals surface area contributed by atoms with Crippen molar-refractivity contribution in [2.45, 2.75) is 32.4 Å². The smallest absolute Gasteiger partial charge is 0.245 e. The van der Waals surface area contributed by atoms with Gasteiger partial charge in [0.1, 0.15) is 29.7 Å². The highest BCUT2D eigenvalue weighted by Gasteiger charge is 2.20. The predicted molar refractivity (Wildman–Crippen MR) is 133 cm³/mol. The summed E-state index contributed by atoms with van der Waals surface area (Å²) in [7, 11) is 0. The van der Waals surface area contributed by atoms with Gasteiger partial charge in [0.05, 0.1) is 30.5 Å². The zero-order valence-electron chi connectivity index (χ0n) is 20.4. The van der Waals surface area contributed by atoms with Crippen LogP contribution in [0, 0.1) is 0 Å². The second-order valence-electron chi connectivity index (χ2n) is 9.30. The van der Waals surface area contributed by atoms with E-state index in [1.807, 2.05) is 63.1 Å². The van der Waals surface area contributed by atoms with E-state index in [4.69, 9.17) is 19.9 Å². The summed E-state index contributed by atoms with van der Waals surface area (Å²) in [6.07, 6.45) is 5.32. The van der Waals surface area contributed by atoms with E-state index in [1.165, 1.54) is 4.68 Å². The van der Waals surface area contributed by atoms with Crippen molar-refractivity contribution in [2.75, 3.05) is 50.5 Å². The van der Waals surface area contributed by atoms with Crippen molar-refractivity contribution in [3.63, 3.8) is 0 Å². The van der Waals surface area contributed by atoms with Gasteiger partial charge in [-0.15, -0.1) is 5.10 Å². The third-order valence-electron chi connectivity index (χ3n) is 5.41. The number of hydrogen-bond acceptors (Lipinski definition) is 9. The lowest BCUT2D eigenvalue weighted by Crippen LogP contribution is -2.38. The monoisotopic (exact) mass is 480 g/mol. The van der Waals surface area contributed by atoms with Gasteiger partial charge in [0.25, 0.3) is 0 Å². The molecular formula is C25H32N6O4. The molecule has 1 unspecified atom stereocenters. The standard InChI is InChI=1S/C25H32N6O4/c1-25(2,3)35-20-6-4-19(5-7-20)31-23(26)28-24(29-31)27-22-9-8-21(16-18(22)17-32)34-15-12-30-10-13-33-14-11-30/h4-9,16,22H,10-15H2,1-3H3,(H3,26,27,28,29). The third-order valence-corrected chi connectivity index (χ3v) is 5.41. The number of nitrogens with zero attached hydrogens (tertiary/aromatic N) is 4. The van der Waals surface area contributed by atoms with Crippen molar-refractivity contribution >= 4 is 17.8 Å². The Kier molecular flexibility index (Phi) is 7.55. The number of ether oxygens (including phenoxy) is 3.